The van der Waals surface area contributed by atoms with Gasteiger partial charge in [0.15, 0.2) is 11.3 Å². The molecule has 0 radical (unpaired) electrons. The van der Waals surface area contributed by atoms with Crippen LogP contribution in [0.15, 0.2) is 6.20 Å². The zero-order valence-corrected chi connectivity index (χ0v) is 12.0. The van der Waals surface area contributed by atoms with Crippen LogP contribution in [-0.2, 0) is 16.0 Å². The van der Waals surface area contributed by atoms with Gasteiger partial charge < -0.3 is 14.8 Å². The highest BCUT2D eigenvalue weighted by atomic mass is 32.1. The van der Waals surface area contributed by atoms with E-state index in [2.05, 4.69) is 27.8 Å². The second kappa shape index (κ2) is 5.79. The molecule has 0 aliphatic carbocycles. The van der Waals surface area contributed by atoms with Gasteiger partial charge in [0.1, 0.15) is 0 Å². The number of hydrogen-bond donors (Lipinski definition) is 1. The molecule has 6 heteroatoms. The molecule has 0 spiro atoms. The largest absolute Gasteiger partial charge is 0.355 e. The van der Waals surface area contributed by atoms with Crippen molar-refractivity contribution in [1.82, 2.24) is 14.7 Å². The molecule has 0 saturated heterocycles. The summed E-state index contributed by atoms with van der Waals surface area (Å²) >= 11 is 1.71. The predicted octanol–water partition coefficient (Wildman–Crippen LogP) is 1.72. The van der Waals surface area contributed by atoms with Crippen molar-refractivity contribution in [2.45, 2.75) is 26.7 Å². The van der Waals surface area contributed by atoms with Gasteiger partial charge in [0.05, 0.1) is 11.4 Å². The fraction of sp³-hybridized carbons (Fsp3) is 0.583. The van der Waals surface area contributed by atoms with Gasteiger partial charge in [-0.3, -0.25) is 4.40 Å². The van der Waals surface area contributed by atoms with E-state index in [-0.39, 0.29) is 6.29 Å². The first-order valence-electron chi connectivity index (χ1n) is 5.86. The number of thiazole rings is 1. The molecule has 0 unspecified atom stereocenters. The van der Waals surface area contributed by atoms with E-state index in [1.165, 1.54) is 10.6 Å². The van der Waals surface area contributed by atoms with Crippen LogP contribution < -0.4 is 5.32 Å². The number of nitrogens with zero attached hydrogens (tertiary/aromatic N) is 2. The van der Waals surface area contributed by atoms with Gasteiger partial charge in [-0.25, -0.2) is 4.98 Å². The molecule has 0 saturated carbocycles. The van der Waals surface area contributed by atoms with Gasteiger partial charge in [-0.05, 0) is 13.8 Å². The van der Waals surface area contributed by atoms with Gasteiger partial charge in [0.2, 0.25) is 0 Å². The van der Waals surface area contributed by atoms with Crippen LogP contribution in [0.5, 0.6) is 0 Å². The van der Waals surface area contributed by atoms with E-state index in [1.807, 2.05) is 6.92 Å². The predicted molar refractivity (Wildman–Crippen MR) is 72.1 cm³/mol. The molecule has 2 aromatic heterocycles. The van der Waals surface area contributed by atoms with E-state index in [0.29, 0.717) is 6.54 Å². The molecule has 18 heavy (non-hydrogen) atoms. The Hall–Kier alpha value is -0.950. The average Bonchev–Trinajstić information content (AvgIpc) is 2.82. The lowest BCUT2D eigenvalue weighted by molar-refractivity contribution is -0.0989. The van der Waals surface area contributed by atoms with Crippen molar-refractivity contribution in [3.05, 3.63) is 22.5 Å². The van der Waals surface area contributed by atoms with Gasteiger partial charge in [0, 0.05) is 38.4 Å². The molecule has 0 aliphatic heterocycles. The van der Waals surface area contributed by atoms with E-state index in [9.17, 15) is 0 Å². The van der Waals surface area contributed by atoms with Crippen LogP contribution in [0.1, 0.15) is 16.3 Å². The minimum atomic E-state index is -0.210. The summed E-state index contributed by atoms with van der Waals surface area (Å²) in [6.07, 6.45) is 1.92. The molecule has 0 bridgehead atoms. The molecule has 5 nitrogen and oxygen atoms in total. The van der Waals surface area contributed by atoms with E-state index in [4.69, 9.17) is 9.47 Å². The summed E-state index contributed by atoms with van der Waals surface area (Å²) in [6.45, 7) is 5.54. The summed E-state index contributed by atoms with van der Waals surface area (Å²) < 4.78 is 12.4. The highest BCUT2D eigenvalue weighted by molar-refractivity contribution is 7.17. The number of fused-ring (bicyclic) bond motifs is 1. The Morgan fingerprint density at radius 1 is 1.39 bits per heavy atom. The summed E-state index contributed by atoms with van der Waals surface area (Å²) in [5, 5.41) is 3.33. The molecule has 0 aromatic carbocycles. The van der Waals surface area contributed by atoms with Gasteiger partial charge in [-0.1, -0.05) is 0 Å². The minimum Gasteiger partial charge on any atom is -0.355 e. The maximum absolute atomic E-state index is 5.14. The Kier molecular flexibility index (Phi) is 4.34. The number of aryl methyl sites for hydroxylation is 2. The third-order valence-corrected chi connectivity index (χ3v) is 3.77. The summed E-state index contributed by atoms with van der Waals surface area (Å²) in [7, 11) is 3.28. The number of ether oxygens (including phenoxy) is 2. The van der Waals surface area contributed by atoms with Crippen LogP contribution in [0.3, 0.4) is 0 Å². The van der Waals surface area contributed by atoms with Gasteiger partial charge in [0.25, 0.3) is 0 Å². The molecule has 100 valence electrons. The number of imidazole rings is 1. The van der Waals surface area contributed by atoms with Crippen LogP contribution in [0.4, 0.5) is 0 Å². The van der Waals surface area contributed by atoms with E-state index < -0.39 is 0 Å². The van der Waals surface area contributed by atoms with Crippen LogP contribution in [0.2, 0.25) is 0 Å². The Morgan fingerprint density at radius 3 is 2.78 bits per heavy atom. The van der Waals surface area contributed by atoms with Gasteiger partial charge in [-0.15, -0.1) is 11.3 Å². The Balaban J connectivity index is 2.04. The third kappa shape index (κ3) is 2.72. The molecular formula is C12H19N3O2S. The monoisotopic (exact) mass is 269 g/mol. The van der Waals surface area contributed by atoms with Crippen LogP contribution in [0.25, 0.3) is 4.96 Å². The lowest BCUT2D eigenvalue weighted by atomic mass is 10.3. The smallest absolute Gasteiger partial charge is 0.194 e. The molecule has 1 N–H and O–H groups in total. The Labute approximate surface area is 111 Å². The first-order valence-corrected chi connectivity index (χ1v) is 6.67. The van der Waals surface area contributed by atoms with Crippen LogP contribution in [-0.4, -0.2) is 36.4 Å². The highest BCUT2D eigenvalue weighted by Gasteiger charge is 2.11. The normalized spacial score (nSPS) is 11.8. The molecule has 0 aliphatic rings. The van der Waals surface area contributed by atoms with Crippen molar-refractivity contribution in [1.29, 1.82) is 0 Å². The summed E-state index contributed by atoms with van der Waals surface area (Å²) in [5.41, 5.74) is 2.26. The molecule has 0 atom stereocenters. The zero-order chi connectivity index (χ0) is 13.1. The van der Waals surface area contributed by atoms with E-state index in [0.717, 1.165) is 17.2 Å². The van der Waals surface area contributed by atoms with Gasteiger partial charge in [-0.2, -0.15) is 0 Å². The maximum atomic E-state index is 5.14. The second-order valence-electron chi connectivity index (χ2n) is 4.17. The maximum Gasteiger partial charge on any atom is 0.194 e. The van der Waals surface area contributed by atoms with Crippen molar-refractivity contribution in [2.24, 2.45) is 0 Å². The summed E-state index contributed by atoms with van der Waals surface area (Å²) in [6, 6.07) is 0. The molecule has 2 aromatic rings. The highest BCUT2D eigenvalue weighted by Crippen LogP contribution is 2.20. The summed E-state index contributed by atoms with van der Waals surface area (Å²) in [5.74, 6) is 0. The lowest BCUT2D eigenvalue weighted by Crippen LogP contribution is -2.29. The number of nitrogens with one attached hydrogen (secondary N) is 1. The fourth-order valence-electron chi connectivity index (χ4n) is 1.89. The van der Waals surface area contributed by atoms with Crippen LogP contribution in [0, 0.1) is 13.8 Å². The molecule has 2 heterocycles. The zero-order valence-electron chi connectivity index (χ0n) is 11.2. The first kappa shape index (κ1) is 13.5. The topological polar surface area (TPSA) is 47.8 Å². The van der Waals surface area contributed by atoms with Crippen molar-refractivity contribution in [3.63, 3.8) is 0 Å². The lowest BCUT2D eigenvalue weighted by Gasteiger charge is -2.13. The molecule has 0 fully saturated rings. The SMILES string of the molecule is COC(CNCc1c(C)nc2sc(C)cn12)OC. The van der Waals surface area contributed by atoms with Crippen molar-refractivity contribution in [2.75, 3.05) is 20.8 Å². The van der Waals surface area contributed by atoms with E-state index >= 15 is 0 Å². The molecular weight excluding hydrogens is 250 g/mol. The van der Waals surface area contributed by atoms with Gasteiger partial charge >= 0.3 is 0 Å². The minimum absolute atomic E-state index is 0.210. The van der Waals surface area contributed by atoms with Crippen molar-refractivity contribution >= 4 is 16.3 Å². The fourth-order valence-corrected chi connectivity index (χ4v) is 2.78. The standard InChI is InChI=1S/C12H19N3O2S/c1-8-7-15-10(9(2)14-12(15)18-8)5-13-6-11(16-3)17-4/h7,11,13H,5-6H2,1-4H3. The van der Waals surface area contributed by atoms with Crippen molar-refractivity contribution in [3.8, 4) is 0 Å². The quantitative estimate of drug-likeness (QED) is 0.811. The number of rotatable bonds is 6. The number of aromatic nitrogens is 2. The average molecular weight is 269 g/mol. The summed E-state index contributed by atoms with van der Waals surface area (Å²) in [4.78, 5) is 6.87. The third-order valence-electron chi connectivity index (χ3n) is 2.87. The Morgan fingerprint density at radius 2 is 2.11 bits per heavy atom. The Bertz CT molecular complexity index is 517. The first-order chi connectivity index (χ1) is 8.65. The molecule has 0 amide bonds. The number of methoxy groups -OCH3 is 2. The van der Waals surface area contributed by atoms with Crippen LogP contribution >= 0.6 is 11.3 Å². The van der Waals surface area contributed by atoms with Crippen molar-refractivity contribution < 1.29 is 9.47 Å². The number of hydrogen-bond acceptors (Lipinski definition) is 5. The van der Waals surface area contributed by atoms with E-state index in [1.54, 1.807) is 25.6 Å². The second-order valence-corrected chi connectivity index (χ2v) is 5.38. The molecule has 2 rings (SSSR count).